The van der Waals surface area contributed by atoms with Crippen LogP contribution in [0.25, 0.3) is 0 Å². The van der Waals surface area contributed by atoms with E-state index in [1.54, 1.807) is 0 Å². The summed E-state index contributed by atoms with van der Waals surface area (Å²) in [6, 6.07) is -2.21. The van der Waals surface area contributed by atoms with E-state index in [9.17, 15) is 49.5 Å². The fraction of sp³-hybridized carbons (Fsp3) is 0.794. The second kappa shape index (κ2) is 19.4. The number of H-pyrrole nitrogens is 1. The van der Waals surface area contributed by atoms with Crippen molar-refractivity contribution in [1.29, 1.82) is 0 Å². The zero-order valence-corrected chi connectivity index (χ0v) is 30.4. The van der Waals surface area contributed by atoms with Crippen molar-refractivity contribution in [2.45, 2.75) is 145 Å². The number of carboxylic acids is 1. The van der Waals surface area contributed by atoms with Gasteiger partial charge in [0.2, 0.25) is 5.91 Å². The number of ether oxygens (including phenoxy) is 4. The summed E-state index contributed by atoms with van der Waals surface area (Å²) in [5.74, 6) is -2.98. The van der Waals surface area contributed by atoms with Gasteiger partial charge in [-0.25, -0.2) is 9.59 Å². The topological polar surface area (TPSA) is 277 Å². The Hall–Kier alpha value is -3.27. The first-order chi connectivity index (χ1) is 25.2. The summed E-state index contributed by atoms with van der Waals surface area (Å²) in [5.41, 5.74) is 3.96. The van der Waals surface area contributed by atoms with Gasteiger partial charge in [0.25, 0.3) is 5.56 Å². The zero-order valence-electron chi connectivity index (χ0n) is 30.4. The van der Waals surface area contributed by atoms with Gasteiger partial charge in [-0.05, 0) is 13.5 Å². The van der Waals surface area contributed by atoms with Gasteiger partial charge in [-0.1, -0.05) is 58.3 Å². The molecule has 0 radical (unpaired) electrons. The molecule has 12 atom stereocenters. The number of aliphatic carboxylic acids is 1. The molecule has 3 aliphatic rings. The Balaban J connectivity index is 1.57. The number of aromatic amines is 1. The van der Waals surface area contributed by atoms with Gasteiger partial charge in [-0.2, -0.15) is 0 Å². The quantitative estimate of drug-likeness (QED) is 0.0630. The van der Waals surface area contributed by atoms with E-state index in [-0.39, 0.29) is 19.5 Å². The van der Waals surface area contributed by atoms with Crippen LogP contribution in [0, 0.1) is 0 Å². The third-order valence-electron chi connectivity index (χ3n) is 10.2. The van der Waals surface area contributed by atoms with E-state index >= 15 is 0 Å². The Morgan fingerprint density at radius 1 is 0.943 bits per heavy atom. The number of nitrogens with two attached hydrogens (primary N) is 1. The molecule has 3 fully saturated rings. The molecule has 1 aromatic rings. The van der Waals surface area contributed by atoms with Crippen molar-refractivity contribution in [2.75, 3.05) is 27.2 Å². The normalized spacial score (nSPS) is 32.9. The molecule has 0 saturated carbocycles. The van der Waals surface area contributed by atoms with E-state index in [4.69, 9.17) is 24.7 Å². The second-order valence-corrected chi connectivity index (χ2v) is 14.1. The molecule has 8 N–H and O–H groups in total. The minimum absolute atomic E-state index is 0.0439. The average Bonchev–Trinajstić information content (AvgIpc) is 3.52. The maximum absolute atomic E-state index is 14.3. The van der Waals surface area contributed by atoms with E-state index in [0.717, 1.165) is 47.4 Å². The molecule has 1 amide bonds. The fourth-order valence-corrected chi connectivity index (χ4v) is 7.23. The number of unbranched alkanes of at least 4 members (excludes halogenated alkanes) is 8. The number of nitrogens with one attached hydrogen (secondary N) is 1. The molecular weight excluding hydrogens is 702 g/mol. The lowest BCUT2D eigenvalue weighted by Gasteiger charge is -2.38. The van der Waals surface area contributed by atoms with Gasteiger partial charge in [0.1, 0.15) is 54.9 Å². The van der Waals surface area contributed by atoms with E-state index in [1.807, 2.05) is 4.98 Å². The van der Waals surface area contributed by atoms with Gasteiger partial charge in [-0.15, -0.1) is 0 Å². The van der Waals surface area contributed by atoms with Crippen LogP contribution >= 0.6 is 0 Å². The van der Waals surface area contributed by atoms with Crippen molar-refractivity contribution in [3.63, 3.8) is 0 Å². The number of carbonyl (C=O) groups excluding carboxylic acids is 2. The number of carboxylic acid groups (broad SMARTS) is 1. The van der Waals surface area contributed by atoms with Crippen molar-refractivity contribution >= 4 is 17.8 Å². The molecule has 4 heterocycles. The van der Waals surface area contributed by atoms with Crippen molar-refractivity contribution in [1.82, 2.24) is 19.4 Å². The van der Waals surface area contributed by atoms with Crippen LogP contribution in [0.4, 0.5) is 0 Å². The summed E-state index contributed by atoms with van der Waals surface area (Å²) in [6.45, 7) is 1.62. The number of amides is 1. The molecule has 3 saturated heterocycles. The van der Waals surface area contributed by atoms with Crippen LogP contribution in [0.5, 0.6) is 0 Å². The van der Waals surface area contributed by atoms with Crippen LogP contribution in [0.2, 0.25) is 0 Å². The van der Waals surface area contributed by atoms with Crippen LogP contribution in [0.15, 0.2) is 21.9 Å². The lowest BCUT2D eigenvalue weighted by molar-refractivity contribution is -0.233. The van der Waals surface area contributed by atoms with Crippen molar-refractivity contribution < 1.29 is 58.9 Å². The first-order valence-electron chi connectivity index (χ1n) is 18.3. The molecule has 4 rings (SSSR count). The highest BCUT2D eigenvalue weighted by atomic mass is 16.7. The van der Waals surface area contributed by atoms with Gasteiger partial charge in [-0.3, -0.25) is 28.8 Å². The molecule has 0 bridgehead atoms. The number of rotatable bonds is 18. The van der Waals surface area contributed by atoms with Crippen LogP contribution in [-0.2, 0) is 33.3 Å². The van der Waals surface area contributed by atoms with E-state index in [1.165, 1.54) is 44.7 Å². The number of hydrogen-bond acceptors (Lipinski definition) is 15. The van der Waals surface area contributed by atoms with Crippen LogP contribution in [0.1, 0.15) is 77.4 Å². The predicted octanol–water partition coefficient (Wildman–Crippen LogP) is -2.00. The summed E-state index contributed by atoms with van der Waals surface area (Å²) in [4.78, 5) is 68.4. The fourth-order valence-electron chi connectivity index (χ4n) is 7.23. The minimum Gasteiger partial charge on any atom is -0.480 e. The van der Waals surface area contributed by atoms with E-state index in [2.05, 4.69) is 6.92 Å². The molecule has 19 heteroatoms. The minimum atomic E-state index is -1.87. The van der Waals surface area contributed by atoms with Gasteiger partial charge >= 0.3 is 17.6 Å². The lowest BCUT2D eigenvalue weighted by Crippen LogP contribution is -2.59. The Kier molecular flexibility index (Phi) is 15.5. The predicted molar refractivity (Wildman–Crippen MR) is 184 cm³/mol. The Morgan fingerprint density at radius 2 is 1.58 bits per heavy atom. The monoisotopic (exact) mass is 757 g/mol. The Bertz CT molecular complexity index is 1490. The third-order valence-corrected chi connectivity index (χ3v) is 10.2. The number of aromatic nitrogens is 2. The number of carbonyl (C=O) groups is 3. The largest absolute Gasteiger partial charge is 0.480 e. The van der Waals surface area contributed by atoms with Gasteiger partial charge in [0.05, 0.1) is 0 Å². The number of aliphatic hydroxyl groups is 4. The van der Waals surface area contributed by atoms with Gasteiger partial charge in [0, 0.05) is 38.8 Å². The number of hydrogen-bond donors (Lipinski definition) is 7. The van der Waals surface area contributed by atoms with E-state index in [0.29, 0.717) is 6.42 Å². The second-order valence-electron chi connectivity index (χ2n) is 14.1. The molecule has 19 nitrogen and oxygen atoms in total. The van der Waals surface area contributed by atoms with Crippen LogP contribution in [0.3, 0.4) is 0 Å². The van der Waals surface area contributed by atoms with E-state index < -0.39 is 103 Å². The molecular formula is C34H55N5O14. The Morgan fingerprint density at radius 3 is 2.17 bits per heavy atom. The Labute approximate surface area is 306 Å². The van der Waals surface area contributed by atoms with Crippen LogP contribution in [-0.4, -0.2) is 157 Å². The number of esters is 1. The molecule has 300 valence electrons. The SMILES string of the molecule is CCCCCCCCCCCC(=O)O[C@H]1CN(C)C([C@@H](OC2O[C@H](CN)[C@@H](O)[C@H]2O)C2OC(n3ccc(=O)[nH]c3=O)[C@H](O)[C@@H]2O)C(=O)N(C)C1C(=O)O. The summed E-state index contributed by atoms with van der Waals surface area (Å²) in [7, 11) is 2.62. The van der Waals surface area contributed by atoms with Gasteiger partial charge < -0.3 is 55.1 Å². The molecule has 0 spiro atoms. The smallest absolute Gasteiger partial charge is 0.330 e. The highest BCUT2D eigenvalue weighted by molar-refractivity contribution is 5.88. The highest BCUT2D eigenvalue weighted by Crippen LogP contribution is 2.36. The average molecular weight is 758 g/mol. The van der Waals surface area contributed by atoms with Gasteiger partial charge in [0.15, 0.2) is 18.6 Å². The first kappa shape index (κ1) is 42.5. The summed E-state index contributed by atoms with van der Waals surface area (Å²) in [5, 5.41) is 53.9. The van der Waals surface area contributed by atoms with Crippen molar-refractivity contribution in [2.24, 2.45) is 5.73 Å². The number of aliphatic hydroxyl groups excluding tert-OH is 4. The number of likely N-dealkylation sites (N-methyl/N-ethyl adjacent to an activating group) is 2. The van der Waals surface area contributed by atoms with Crippen molar-refractivity contribution in [3.05, 3.63) is 33.1 Å². The third kappa shape index (κ3) is 10.1. The number of nitrogens with zero attached hydrogens (tertiary/aromatic N) is 3. The first-order valence-corrected chi connectivity index (χ1v) is 18.3. The van der Waals surface area contributed by atoms with Crippen LogP contribution < -0.4 is 17.0 Å². The summed E-state index contributed by atoms with van der Waals surface area (Å²) < 4.78 is 24.2. The molecule has 3 aliphatic heterocycles. The molecule has 1 aromatic heterocycles. The zero-order chi connectivity index (χ0) is 39.0. The maximum atomic E-state index is 14.3. The highest BCUT2D eigenvalue weighted by Gasteiger charge is 2.57. The summed E-state index contributed by atoms with van der Waals surface area (Å²) >= 11 is 0. The molecule has 0 aromatic carbocycles. The maximum Gasteiger partial charge on any atom is 0.330 e. The summed E-state index contributed by atoms with van der Waals surface area (Å²) in [6.07, 6.45) is -5.64. The molecule has 0 aliphatic carbocycles. The lowest BCUT2D eigenvalue weighted by atomic mass is 9.97. The molecule has 5 unspecified atom stereocenters. The standard InChI is InChI=1S/C34H55N5O14/c1-4-5-6-7-8-9-10-11-12-13-21(41)50-19-17-37(2)23(30(46)38(3)22(19)32(47)48)28(53-33-27(45)24(42)18(16-35)51-33)29-25(43)26(44)31(52-29)39-15-14-20(40)36-34(39)49/h14-15,18-19,22-29,31,33,42-45H,4-13,16-17,35H2,1-3H3,(H,47,48)(H,36,40,49)/t18-,19+,22?,23?,24-,25+,26-,27-,28-,29?,31?,33?/m1/s1. The van der Waals surface area contributed by atoms with Crippen molar-refractivity contribution in [3.8, 4) is 0 Å². The molecule has 53 heavy (non-hydrogen) atoms.